The lowest BCUT2D eigenvalue weighted by Gasteiger charge is -2.30. The predicted octanol–water partition coefficient (Wildman–Crippen LogP) is 15.1. The molecule has 56 heavy (non-hydrogen) atoms. The van der Waals surface area contributed by atoms with Crippen molar-refractivity contribution in [2.45, 2.75) is 57.8 Å². The van der Waals surface area contributed by atoms with Crippen molar-refractivity contribution in [1.29, 1.82) is 0 Å². The Bertz CT molecular complexity index is 2720. The van der Waals surface area contributed by atoms with Crippen molar-refractivity contribution in [2.75, 3.05) is 0 Å². The first-order chi connectivity index (χ1) is 27.8. The van der Waals surface area contributed by atoms with E-state index < -0.39 is 0 Å². The van der Waals surface area contributed by atoms with Crippen molar-refractivity contribution >= 4 is 44.0 Å². The third-order valence-corrected chi connectivity index (χ3v) is 13.6. The molecule has 0 bridgehead atoms. The summed E-state index contributed by atoms with van der Waals surface area (Å²) < 4.78 is 0. The summed E-state index contributed by atoms with van der Waals surface area (Å²) in [6.07, 6.45) is 43.9. The number of hydrogen-bond acceptors (Lipinski definition) is 0. The van der Waals surface area contributed by atoms with Crippen LogP contribution in [0.3, 0.4) is 0 Å². The molecule has 6 aliphatic carbocycles. The Morgan fingerprint density at radius 3 is 2.09 bits per heavy atom. The van der Waals surface area contributed by atoms with Crippen LogP contribution in [0.4, 0.5) is 0 Å². The molecule has 0 aromatic heterocycles. The molecule has 0 heteroatoms. The average molecular weight is 721 g/mol. The molecule has 3 atom stereocenters. The fourth-order valence-electron chi connectivity index (χ4n) is 10.8. The summed E-state index contributed by atoms with van der Waals surface area (Å²) in [5.41, 5.74) is 15.8. The number of fused-ring (bicyclic) bond motifs is 6. The van der Waals surface area contributed by atoms with E-state index in [0.29, 0.717) is 17.8 Å². The Kier molecular flexibility index (Phi) is 8.46. The summed E-state index contributed by atoms with van der Waals surface area (Å²) >= 11 is 0. The molecule has 0 heterocycles. The second-order valence-corrected chi connectivity index (χ2v) is 16.8. The lowest BCUT2D eigenvalue weighted by Crippen LogP contribution is -2.17. The van der Waals surface area contributed by atoms with E-state index in [1.807, 2.05) is 0 Å². The molecular formula is C56H48. The zero-order valence-electron chi connectivity index (χ0n) is 32.2. The maximum atomic E-state index is 2.61. The van der Waals surface area contributed by atoms with Gasteiger partial charge < -0.3 is 0 Å². The first-order valence-corrected chi connectivity index (χ1v) is 21.2. The number of rotatable bonds is 5. The third kappa shape index (κ3) is 5.81. The second-order valence-electron chi connectivity index (χ2n) is 16.8. The number of hydrogen-bond donors (Lipinski definition) is 0. The first kappa shape index (κ1) is 33.6. The van der Waals surface area contributed by atoms with Gasteiger partial charge in [0.05, 0.1) is 0 Å². The Morgan fingerprint density at radius 1 is 0.518 bits per heavy atom. The quantitative estimate of drug-likeness (QED) is 0.159. The van der Waals surface area contributed by atoms with Crippen molar-refractivity contribution < 1.29 is 0 Å². The van der Waals surface area contributed by atoms with Gasteiger partial charge in [-0.1, -0.05) is 164 Å². The second kappa shape index (κ2) is 14.1. The lowest BCUT2D eigenvalue weighted by atomic mass is 9.74. The fraction of sp³-hybridized carbons (Fsp3) is 0.214. The summed E-state index contributed by atoms with van der Waals surface area (Å²) in [4.78, 5) is 0. The smallest absolute Gasteiger partial charge is 0.00201 e. The zero-order chi connectivity index (χ0) is 37.0. The van der Waals surface area contributed by atoms with Crippen LogP contribution < -0.4 is 0 Å². The number of allylic oxidation sites excluding steroid dienone is 19. The van der Waals surface area contributed by atoms with Gasteiger partial charge in [0.1, 0.15) is 0 Å². The van der Waals surface area contributed by atoms with Crippen molar-refractivity contribution in [3.05, 3.63) is 202 Å². The third-order valence-electron chi connectivity index (χ3n) is 13.6. The van der Waals surface area contributed by atoms with Gasteiger partial charge in [-0.15, -0.1) is 0 Å². The molecule has 5 aromatic rings. The Morgan fingerprint density at radius 2 is 1.30 bits per heavy atom. The largest absolute Gasteiger partial charge is 0.0842 e. The van der Waals surface area contributed by atoms with Crippen molar-refractivity contribution in [2.24, 2.45) is 17.8 Å². The zero-order valence-corrected chi connectivity index (χ0v) is 32.2. The number of benzene rings is 5. The van der Waals surface area contributed by atoms with E-state index in [1.165, 1.54) is 106 Å². The molecule has 0 spiro atoms. The molecule has 5 aromatic carbocycles. The highest BCUT2D eigenvalue weighted by Gasteiger charge is 2.27. The SMILES string of the molecule is C1=CCCC(C2=CC(C3=CCCC(c4c5ccccc5c(-c5cccc6c7c(ccc56)CC5CCC=CC5=C7)c5ccccc45)=C3)=CC(C3C=CC=CC3)C2)=C1. The van der Waals surface area contributed by atoms with Gasteiger partial charge in [0.2, 0.25) is 0 Å². The van der Waals surface area contributed by atoms with Crippen molar-refractivity contribution in [3.63, 3.8) is 0 Å². The van der Waals surface area contributed by atoms with Gasteiger partial charge in [0.25, 0.3) is 0 Å². The molecule has 3 unspecified atom stereocenters. The van der Waals surface area contributed by atoms with Crippen molar-refractivity contribution in [3.8, 4) is 11.1 Å². The van der Waals surface area contributed by atoms with Crippen LogP contribution in [-0.4, -0.2) is 0 Å². The Balaban J connectivity index is 1.06. The van der Waals surface area contributed by atoms with Gasteiger partial charge in [-0.2, -0.15) is 0 Å². The van der Waals surface area contributed by atoms with E-state index in [9.17, 15) is 0 Å². The van der Waals surface area contributed by atoms with E-state index in [4.69, 9.17) is 0 Å². The molecule has 0 radical (unpaired) electrons. The minimum atomic E-state index is 0.502. The maximum Gasteiger partial charge on any atom is -0.00201 e. The van der Waals surface area contributed by atoms with Crippen LogP contribution in [0.2, 0.25) is 0 Å². The van der Waals surface area contributed by atoms with Crippen LogP contribution in [0.15, 0.2) is 186 Å². The van der Waals surface area contributed by atoms with Gasteiger partial charge in [0, 0.05) is 0 Å². The van der Waals surface area contributed by atoms with Crippen LogP contribution >= 0.6 is 0 Å². The van der Waals surface area contributed by atoms with Gasteiger partial charge in [-0.25, -0.2) is 0 Å². The summed E-state index contributed by atoms with van der Waals surface area (Å²) in [5, 5.41) is 8.10. The molecule has 6 aliphatic rings. The lowest BCUT2D eigenvalue weighted by molar-refractivity contribution is 0.467. The minimum Gasteiger partial charge on any atom is -0.0842 e. The van der Waals surface area contributed by atoms with Crippen LogP contribution in [0.1, 0.15) is 68.1 Å². The molecule has 272 valence electrons. The Hall–Kier alpha value is -5.72. The van der Waals surface area contributed by atoms with E-state index in [0.717, 1.165) is 44.9 Å². The van der Waals surface area contributed by atoms with E-state index in [1.54, 1.807) is 0 Å². The highest BCUT2D eigenvalue weighted by Crippen LogP contribution is 2.48. The summed E-state index contributed by atoms with van der Waals surface area (Å²) in [7, 11) is 0. The molecule has 0 N–H and O–H groups in total. The van der Waals surface area contributed by atoms with Crippen LogP contribution in [-0.2, 0) is 6.42 Å². The summed E-state index contributed by atoms with van der Waals surface area (Å²) in [6.45, 7) is 0. The van der Waals surface area contributed by atoms with E-state index in [2.05, 4.69) is 164 Å². The summed E-state index contributed by atoms with van der Waals surface area (Å²) in [6, 6.07) is 30.3. The molecule has 0 aliphatic heterocycles. The van der Waals surface area contributed by atoms with Crippen LogP contribution in [0, 0.1) is 17.8 Å². The normalized spacial score (nSPS) is 22.9. The van der Waals surface area contributed by atoms with Crippen LogP contribution in [0.5, 0.6) is 0 Å². The molecule has 0 nitrogen and oxygen atoms in total. The van der Waals surface area contributed by atoms with Crippen molar-refractivity contribution in [1.82, 2.24) is 0 Å². The van der Waals surface area contributed by atoms with Gasteiger partial charge in [-0.05, 0) is 169 Å². The molecule has 11 rings (SSSR count). The maximum absolute atomic E-state index is 2.61. The van der Waals surface area contributed by atoms with Gasteiger partial charge in [-0.3, -0.25) is 0 Å². The topological polar surface area (TPSA) is 0 Å². The standard InChI is InChI=1S/C56H48/c1-3-15-37(16-4-1)44-33-45(38-17-5-2-6-18-38)35-46(34-44)40-21-13-22-43(32-40)55-50-23-9-11-25-52(50)56(53-26-12-10-24-51(53)55)49-28-14-27-47-48(49)30-29-42-31-39-19-7-8-20-41(39)36-54(42)47/h1-5,8-12,14-15,17,20-21,23-30,32,34-37,39,44H,6-7,13,16,18-19,22,31,33H2. The van der Waals surface area contributed by atoms with E-state index >= 15 is 0 Å². The van der Waals surface area contributed by atoms with E-state index in [-0.39, 0.29) is 0 Å². The fourth-order valence-corrected chi connectivity index (χ4v) is 10.8. The Labute approximate surface area is 331 Å². The van der Waals surface area contributed by atoms with Gasteiger partial charge in [0.15, 0.2) is 0 Å². The monoisotopic (exact) mass is 720 g/mol. The average Bonchev–Trinajstić information content (AvgIpc) is 3.27. The van der Waals surface area contributed by atoms with Crippen LogP contribution in [0.25, 0.3) is 55.1 Å². The predicted molar refractivity (Wildman–Crippen MR) is 240 cm³/mol. The molecule has 0 saturated heterocycles. The molecular weight excluding hydrogens is 673 g/mol. The highest BCUT2D eigenvalue weighted by molar-refractivity contribution is 6.21. The van der Waals surface area contributed by atoms with Gasteiger partial charge >= 0.3 is 0 Å². The minimum absolute atomic E-state index is 0.502. The summed E-state index contributed by atoms with van der Waals surface area (Å²) in [5.74, 6) is 1.70. The molecule has 0 fully saturated rings. The first-order valence-electron chi connectivity index (χ1n) is 21.2. The molecule has 0 amide bonds. The highest BCUT2D eigenvalue weighted by atomic mass is 14.3. The molecule has 0 saturated carbocycles.